The van der Waals surface area contributed by atoms with Crippen LogP contribution in [0.2, 0.25) is 0 Å². The van der Waals surface area contributed by atoms with Gasteiger partial charge in [-0.15, -0.1) is 0 Å². The van der Waals surface area contributed by atoms with Gasteiger partial charge in [0, 0.05) is 19.1 Å². The third kappa shape index (κ3) is 1.94. The zero-order valence-corrected chi connectivity index (χ0v) is 6.21. The van der Waals surface area contributed by atoms with Gasteiger partial charge in [0.1, 0.15) is 0 Å². The Morgan fingerprint density at radius 1 is 1.50 bits per heavy atom. The lowest BCUT2D eigenvalue weighted by atomic mass is 10.2. The fourth-order valence-electron chi connectivity index (χ4n) is 1.45. The molecule has 4 N–H and O–H groups in total. The quantitative estimate of drug-likeness (QED) is 0.498. The first-order valence-electron chi connectivity index (χ1n) is 3.96. The average Bonchev–Trinajstić information content (AvgIpc) is 2.31. The van der Waals surface area contributed by atoms with Gasteiger partial charge in [0.05, 0.1) is 6.10 Å². The van der Waals surface area contributed by atoms with Gasteiger partial charge in [-0.2, -0.15) is 0 Å². The van der Waals surface area contributed by atoms with Crippen LogP contribution < -0.4 is 11.1 Å². The van der Waals surface area contributed by atoms with Crippen molar-refractivity contribution < 1.29 is 5.11 Å². The van der Waals surface area contributed by atoms with Crippen molar-refractivity contribution >= 4 is 0 Å². The molecule has 2 atom stereocenters. The molecular formula is C7H16N2O. The van der Waals surface area contributed by atoms with Crippen LogP contribution in [0.3, 0.4) is 0 Å². The highest BCUT2D eigenvalue weighted by Gasteiger charge is 2.23. The van der Waals surface area contributed by atoms with E-state index in [2.05, 4.69) is 5.32 Å². The number of hydrogen-bond donors (Lipinski definition) is 3. The Hall–Kier alpha value is -0.120. The van der Waals surface area contributed by atoms with E-state index in [0.717, 1.165) is 25.8 Å². The van der Waals surface area contributed by atoms with Gasteiger partial charge in [-0.25, -0.2) is 0 Å². The van der Waals surface area contributed by atoms with Crippen molar-refractivity contribution in [3.63, 3.8) is 0 Å². The standard InChI is InChI=1S/C7H16N2O/c8-4-5-9-6-2-1-3-7(6)10/h6-7,9-10H,1-5,8H2/t6-,7-/m0/s1. The van der Waals surface area contributed by atoms with E-state index in [1.807, 2.05) is 0 Å². The number of aliphatic hydroxyl groups is 1. The predicted molar refractivity (Wildman–Crippen MR) is 40.7 cm³/mol. The maximum atomic E-state index is 9.31. The summed E-state index contributed by atoms with van der Waals surface area (Å²) in [5.74, 6) is 0. The van der Waals surface area contributed by atoms with E-state index in [4.69, 9.17) is 5.73 Å². The Morgan fingerprint density at radius 2 is 2.30 bits per heavy atom. The molecule has 60 valence electrons. The van der Waals surface area contributed by atoms with Crippen molar-refractivity contribution in [3.05, 3.63) is 0 Å². The molecule has 10 heavy (non-hydrogen) atoms. The molecule has 0 aromatic carbocycles. The predicted octanol–water partition coefficient (Wildman–Crippen LogP) is -0.552. The molecule has 1 rings (SSSR count). The lowest BCUT2D eigenvalue weighted by Gasteiger charge is -2.14. The summed E-state index contributed by atoms with van der Waals surface area (Å²) in [6, 6.07) is 0.309. The molecule has 0 aromatic heterocycles. The summed E-state index contributed by atoms with van der Waals surface area (Å²) >= 11 is 0. The second kappa shape index (κ2) is 3.91. The maximum absolute atomic E-state index is 9.31. The van der Waals surface area contributed by atoms with Crippen molar-refractivity contribution in [2.24, 2.45) is 5.73 Å². The Bertz CT molecular complexity index is 97.6. The van der Waals surface area contributed by atoms with Crippen LogP contribution in [-0.2, 0) is 0 Å². The number of rotatable bonds is 3. The highest BCUT2D eigenvalue weighted by atomic mass is 16.3. The molecule has 0 bridgehead atoms. The molecule has 1 saturated carbocycles. The van der Waals surface area contributed by atoms with Crippen molar-refractivity contribution in [2.75, 3.05) is 13.1 Å². The summed E-state index contributed by atoms with van der Waals surface area (Å²) in [5, 5.41) is 12.5. The summed E-state index contributed by atoms with van der Waals surface area (Å²) in [6.45, 7) is 1.48. The number of nitrogens with two attached hydrogens (primary N) is 1. The topological polar surface area (TPSA) is 58.3 Å². The minimum absolute atomic E-state index is 0.133. The van der Waals surface area contributed by atoms with E-state index >= 15 is 0 Å². The third-order valence-corrected chi connectivity index (χ3v) is 2.03. The van der Waals surface area contributed by atoms with Crippen LogP contribution in [0, 0.1) is 0 Å². The highest BCUT2D eigenvalue weighted by molar-refractivity contribution is 4.82. The van der Waals surface area contributed by atoms with Crippen LogP contribution >= 0.6 is 0 Å². The maximum Gasteiger partial charge on any atom is 0.0693 e. The van der Waals surface area contributed by atoms with E-state index in [-0.39, 0.29) is 6.10 Å². The molecule has 0 saturated heterocycles. The van der Waals surface area contributed by atoms with Crippen molar-refractivity contribution in [1.29, 1.82) is 0 Å². The molecule has 0 spiro atoms. The molecule has 0 heterocycles. The van der Waals surface area contributed by atoms with Gasteiger partial charge in [0.25, 0.3) is 0 Å². The largest absolute Gasteiger partial charge is 0.392 e. The summed E-state index contributed by atoms with van der Waals surface area (Å²) in [6.07, 6.45) is 3.05. The lowest BCUT2D eigenvalue weighted by molar-refractivity contribution is 0.150. The summed E-state index contributed by atoms with van der Waals surface area (Å²) in [4.78, 5) is 0. The zero-order valence-electron chi connectivity index (χ0n) is 6.21. The minimum atomic E-state index is -0.133. The molecule has 0 radical (unpaired) electrons. The smallest absolute Gasteiger partial charge is 0.0693 e. The summed E-state index contributed by atoms with van der Waals surface area (Å²) < 4.78 is 0. The van der Waals surface area contributed by atoms with Crippen molar-refractivity contribution in [3.8, 4) is 0 Å². The van der Waals surface area contributed by atoms with E-state index in [1.54, 1.807) is 0 Å². The molecule has 0 unspecified atom stereocenters. The molecule has 3 heteroatoms. The molecule has 0 amide bonds. The fraction of sp³-hybridized carbons (Fsp3) is 1.00. The molecule has 3 nitrogen and oxygen atoms in total. The molecule has 0 aromatic rings. The van der Waals surface area contributed by atoms with Gasteiger partial charge in [-0.1, -0.05) is 0 Å². The first-order valence-corrected chi connectivity index (χ1v) is 3.96. The Labute approximate surface area is 61.6 Å². The van der Waals surface area contributed by atoms with Gasteiger partial charge < -0.3 is 16.2 Å². The van der Waals surface area contributed by atoms with E-state index < -0.39 is 0 Å². The minimum Gasteiger partial charge on any atom is -0.392 e. The van der Waals surface area contributed by atoms with Crippen LogP contribution in [-0.4, -0.2) is 30.3 Å². The molecular weight excluding hydrogens is 128 g/mol. The average molecular weight is 144 g/mol. The first kappa shape index (κ1) is 7.98. The van der Waals surface area contributed by atoms with Gasteiger partial charge in [-0.3, -0.25) is 0 Å². The Morgan fingerprint density at radius 3 is 2.80 bits per heavy atom. The fourth-order valence-corrected chi connectivity index (χ4v) is 1.45. The van der Waals surface area contributed by atoms with Crippen LogP contribution in [0.15, 0.2) is 0 Å². The second-order valence-electron chi connectivity index (χ2n) is 2.85. The van der Waals surface area contributed by atoms with Crippen LogP contribution in [0.4, 0.5) is 0 Å². The zero-order chi connectivity index (χ0) is 7.40. The monoisotopic (exact) mass is 144 g/mol. The molecule has 1 aliphatic rings. The number of hydrogen-bond acceptors (Lipinski definition) is 3. The Kier molecular flexibility index (Phi) is 3.12. The van der Waals surface area contributed by atoms with Crippen LogP contribution in [0.1, 0.15) is 19.3 Å². The van der Waals surface area contributed by atoms with Crippen molar-refractivity contribution in [2.45, 2.75) is 31.4 Å². The van der Waals surface area contributed by atoms with Gasteiger partial charge in [0.2, 0.25) is 0 Å². The summed E-state index contributed by atoms with van der Waals surface area (Å²) in [5.41, 5.74) is 5.31. The molecule has 1 aliphatic carbocycles. The highest BCUT2D eigenvalue weighted by Crippen LogP contribution is 2.18. The summed E-state index contributed by atoms with van der Waals surface area (Å²) in [7, 11) is 0. The van der Waals surface area contributed by atoms with Crippen molar-refractivity contribution in [1.82, 2.24) is 5.32 Å². The van der Waals surface area contributed by atoms with Gasteiger partial charge in [-0.05, 0) is 19.3 Å². The lowest BCUT2D eigenvalue weighted by Crippen LogP contribution is -2.38. The second-order valence-corrected chi connectivity index (χ2v) is 2.85. The normalized spacial score (nSPS) is 33.0. The van der Waals surface area contributed by atoms with Crippen LogP contribution in [0.25, 0.3) is 0 Å². The van der Waals surface area contributed by atoms with Gasteiger partial charge in [0.15, 0.2) is 0 Å². The van der Waals surface area contributed by atoms with E-state index in [9.17, 15) is 5.11 Å². The van der Waals surface area contributed by atoms with Gasteiger partial charge >= 0.3 is 0 Å². The van der Waals surface area contributed by atoms with Crippen LogP contribution in [0.5, 0.6) is 0 Å². The number of nitrogens with one attached hydrogen (secondary N) is 1. The molecule has 1 fully saturated rings. The SMILES string of the molecule is NCCN[C@H]1CCC[C@@H]1O. The molecule has 0 aliphatic heterocycles. The first-order chi connectivity index (χ1) is 4.84. The van der Waals surface area contributed by atoms with E-state index in [1.165, 1.54) is 0 Å². The third-order valence-electron chi connectivity index (χ3n) is 2.03. The number of aliphatic hydroxyl groups excluding tert-OH is 1. The van der Waals surface area contributed by atoms with E-state index in [0.29, 0.717) is 12.6 Å². The Balaban J connectivity index is 2.14.